The molecule has 0 aromatic rings. The average Bonchev–Trinajstić information content (AvgIpc) is 1.79. The van der Waals surface area contributed by atoms with Crippen LogP contribution in [0.2, 0.25) is 0 Å². The van der Waals surface area contributed by atoms with Crippen LogP contribution in [0, 0.1) is 5.92 Å². The Kier molecular flexibility index (Phi) is 3.10. The van der Waals surface area contributed by atoms with Gasteiger partial charge in [0.25, 0.3) is 0 Å². The molecule has 0 atom stereocenters. The molecule has 0 bridgehead atoms. The van der Waals surface area contributed by atoms with Crippen molar-refractivity contribution in [3.8, 4) is 0 Å². The summed E-state index contributed by atoms with van der Waals surface area (Å²) in [5.74, 6) is 1.02. The molecule has 1 aliphatic carbocycles. The SMILES string of the molecule is CC1CCCCCCC1. The van der Waals surface area contributed by atoms with Crippen LogP contribution in [0.4, 0.5) is 0 Å². The first-order chi connectivity index (χ1) is 4.39. The molecular weight excluding hydrogens is 108 g/mol. The van der Waals surface area contributed by atoms with Crippen LogP contribution in [-0.4, -0.2) is 0 Å². The summed E-state index contributed by atoms with van der Waals surface area (Å²) in [6.07, 6.45) is 10.4. The van der Waals surface area contributed by atoms with Crippen molar-refractivity contribution in [2.24, 2.45) is 5.92 Å². The van der Waals surface area contributed by atoms with Gasteiger partial charge in [0.1, 0.15) is 0 Å². The van der Waals surface area contributed by atoms with E-state index in [-0.39, 0.29) is 0 Å². The van der Waals surface area contributed by atoms with Crippen LogP contribution >= 0.6 is 0 Å². The van der Waals surface area contributed by atoms with Gasteiger partial charge in [-0.05, 0) is 5.92 Å². The van der Waals surface area contributed by atoms with Crippen molar-refractivity contribution >= 4 is 0 Å². The van der Waals surface area contributed by atoms with Crippen molar-refractivity contribution in [1.82, 2.24) is 0 Å². The molecule has 0 spiro atoms. The van der Waals surface area contributed by atoms with E-state index in [1.54, 1.807) is 0 Å². The molecule has 0 nitrogen and oxygen atoms in total. The molecule has 0 N–H and O–H groups in total. The van der Waals surface area contributed by atoms with Crippen molar-refractivity contribution in [3.63, 3.8) is 0 Å². The first-order valence-electron chi connectivity index (χ1n) is 4.39. The Morgan fingerprint density at radius 1 is 0.778 bits per heavy atom. The van der Waals surface area contributed by atoms with Crippen molar-refractivity contribution in [2.75, 3.05) is 0 Å². The Morgan fingerprint density at radius 3 is 1.78 bits per heavy atom. The summed E-state index contributed by atoms with van der Waals surface area (Å²) < 4.78 is 0. The Morgan fingerprint density at radius 2 is 1.22 bits per heavy atom. The van der Waals surface area contributed by atoms with Gasteiger partial charge < -0.3 is 0 Å². The van der Waals surface area contributed by atoms with Gasteiger partial charge in [-0.3, -0.25) is 0 Å². The zero-order chi connectivity index (χ0) is 6.53. The third kappa shape index (κ3) is 2.88. The molecule has 0 heteroatoms. The van der Waals surface area contributed by atoms with E-state index in [9.17, 15) is 0 Å². The molecule has 0 amide bonds. The molecule has 0 unspecified atom stereocenters. The van der Waals surface area contributed by atoms with Gasteiger partial charge in [0, 0.05) is 0 Å². The maximum atomic E-state index is 2.39. The molecule has 1 saturated carbocycles. The van der Waals surface area contributed by atoms with Crippen LogP contribution < -0.4 is 0 Å². The largest absolute Gasteiger partial charge is 0.0625 e. The van der Waals surface area contributed by atoms with Crippen LogP contribution in [0.1, 0.15) is 51.9 Å². The lowest BCUT2D eigenvalue weighted by atomic mass is 9.93. The molecule has 1 rings (SSSR count). The van der Waals surface area contributed by atoms with E-state index in [1.165, 1.54) is 44.9 Å². The fourth-order valence-electron chi connectivity index (χ4n) is 1.66. The van der Waals surface area contributed by atoms with Gasteiger partial charge in [0.05, 0.1) is 0 Å². The highest BCUT2D eigenvalue weighted by Crippen LogP contribution is 2.20. The maximum absolute atomic E-state index is 2.39. The molecule has 0 heterocycles. The van der Waals surface area contributed by atoms with Gasteiger partial charge in [0.2, 0.25) is 0 Å². The molecule has 0 radical (unpaired) electrons. The summed E-state index contributed by atoms with van der Waals surface area (Å²) in [5.41, 5.74) is 0. The summed E-state index contributed by atoms with van der Waals surface area (Å²) >= 11 is 0. The van der Waals surface area contributed by atoms with Crippen LogP contribution in [0.25, 0.3) is 0 Å². The lowest BCUT2D eigenvalue weighted by Crippen LogP contribution is -1.97. The van der Waals surface area contributed by atoms with Crippen LogP contribution in [0.15, 0.2) is 0 Å². The Balaban J connectivity index is 2.12. The molecule has 1 fully saturated rings. The highest BCUT2D eigenvalue weighted by Gasteiger charge is 2.04. The second-order valence-electron chi connectivity index (χ2n) is 3.45. The summed E-state index contributed by atoms with van der Waals surface area (Å²) in [7, 11) is 0. The second-order valence-corrected chi connectivity index (χ2v) is 3.45. The van der Waals surface area contributed by atoms with Gasteiger partial charge in [0.15, 0.2) is 0 Å². The van der Waals surface area contributed by atoms with Crippen molar-refractivity contribution < 1.29 is 0 Å². The normalized spacial score (nSPS) is 25.0. The van der Waals surface area contributed by atoms with Crippen LogP contribution in [-0.2, 0) is 0 Å². The fourth-order valence-corrected chi connectivity index (χ4v) is 1.66. The standard InChI is InChI=1S/C9H18/c1-9-7-5-3-2-4-6-8-9/h9H,2-8H2,1H3. The minimum atomic E-state index is 1.02. The molecule has 54 valence electrons. The molecule has 0 saturated heterocycles. The van der Waals surface area contributed by atoms with Gasteiger partial charge in [-0.15, -0.1) is 0 Å². The van der Waals surface area contributed by atoms with E-state index < -0.39 is 0 Å². The highest BCUT2D eigenvalue weighted by molar-refractivity contribution is 4.58. The first-order valence-corrected chi connectivity index (χ1v) is 4.39. The zero-order valence-corrected chi connectivity index (χ0v) is 6.53. The Hall–Kier alpha value is 0. The third-order valence-corrected chi connectivity index (χ3v) is 2.39. The van der Waals surface area contributed by atoms with E-state index in [1.807, 2.05) is 0 Å². The monoisotopic (exact) mass is 126 g/mol. The highest BCUT2D eigenvalue weighted by atomic mass is 14.1. The van der Waals surface area contributed by atoms with Gasteiger partial charge >= 0.3 is 0 Å². The average molecular weight is 126 g/mol. The van der Waals surface area contributed by atoms with Gasteiger partial charge in [-0.25, -0.2) is 0 Å². The van der Waals surface area contributed by atoms with E-state index in [4.69, 9.17) is 0 Å². The quantitative estimate of drug-likeness (QED) is 0.467. The molecule has 0 aromatic heterocycles. The molecule has 1 aliphatic rings. The van der Waals surface area contributed by atoms with Crippen molar-refractivity contribution in [3.05, 3.63) is 0 Å². The Bertz CT molecular complexity index is 58.4. The predicted molar refractivity (Wildman–Crippen MR) is 41.5 cm³/mol. The molecular formula is C9H18. The second kappa shape index (κ2) is 3.92. The molecule has 0 aromatic carbocycles. The summed E-state index contributed by atoms with van der Waals surface area (Å²) in [6, 6.07) is 0. The molecule has 9 heavy (non-hydrogen) atoms. The smallest absolute Gasteiger partial charge is 0.0443 e. The maximum Gasteiger partial charge on any atom is -0.0443 e. The minimum absolute atomic E-state index is 1.02. The number of hydrogen-bond donors (Lipinski definition) is 0. The summed E-state index contributed by atoms with van der Waals surface area (Å²) in [4.78, 5) is 0. The number of rotatable bonds is 0. The van der Waals surface area contributed by atoms with E-state index in [0.717, 1.165) is 5.92 Å². The van der Waals surface area contributed by atoms with Crippen molar-refractivity contribution in [1.29, 1.82) is 0 Å². The lowest BCUT2D eigenvalue weighted by Gasteiger charge is -2.13. The fraction of sp³-hybridized carbons (Fsp3) is 1.00. The topological polar surface area (TPSA) is 0 Å². The Labute approximate surface area is 58.7 Å². The van der Waals surface area contributed by atoms with Crippen LogP contribution in [0.5, 0.6) is 0 Å². The van der Waals surface area contributed by atoms with E-state index in [2.05, 4.69) is 6.92 Å². The van der Waals surface area contributed by atoms with Crippen LogP contribution in [0.3, 0.4) is 0 Å². The number of hydrogen-bond acceptors (Lipinski definition) is 0. The summed E-state index contributed by atoms with van der Waals surface area (Å²) in [5, 5.41) is 0. The van der Waals surface area contributed by atoms with E-state index in [0.29, 0.717) is 0 Å². The first kappa shape index (κ1) is 7.11. The van der Waals surface area contributed by atoms with Gasteiger partial charge in [-0.2, -0.15) is 0 Å². The predicted octanol–water partition coefficient (Wildman–Crippen LogP) is 3.37. The minimum Gasteiger partial charge on any atom is -0.0625 e. The van der Waals surface area contributed by atoms with E-state index >= 15 is 0 Å². The van der Waals surface area contributed by atoms with Gasteiger partial charge in [-0.1, -0.05) is 51.9 Å². The third-order valence-electron chi connectivity index (χ3n) is 2.39. The van der Waals surface area contributed by atoms with Crippen molar-refractivity contribution in [2.45, 2.75) is 51.9 Å². The molecule has 0 aliphatic heterocycles. The lowest BCUT2D eigenvalue weighted by molar-refractivity contribution is 0.404. The zero-order valence-electron chi connectivity index (χ0n) is 6.53. The summed E-state index contributed by atoms with van der Waals surface area (Å²) in [6.45, 7) is 2.39.